The van der Waals surface area contributed by atoms with E-state index in [1.165, 1.54) is 0 Å². The SMILES string of the molecule is CC(C)(C)c1noc(CCCC(=O)N2CCCc3c(C(N)=O)cccc32)n1. The summed E-state index contributed by atoms with van der Waals surface area (Å²) in [5, 5.41) is 4.01. The van der Waals surface area contributed by atoms with Gasteiger partial charge in [-0.05, 0) is 37.0 Å². The second-order valence-corrected chi connectivity index (χ2v) is 7.93. The number of amides is 2. The lowest BCUT2D eigenvalue weighted by molar-refractivity contribution is -0.118. The van der Waals surface area contributed by atoms with Crippen LogP contribution in [0.4, 0.5) is 5.69 Å². The summed E-state index contributed by atoms with van der Waals surface area (Å²) in [7, 11) is 0. The van der Waals surface area contributed by atoms with E-state index in [0.29, 0.717) is 43.1 Å². The lowest BCUT2D eigenvalue weighted by Gasteiger charge is -2.30. The Labute approximate surface area is 158 Å². The maximum atomic E-state index is 12.7. The van der Waals surface area contributed by atoms with E-state index in [4.69, 9.17) is 10.3 Å². The average Bonchev–Trinajstić information content (AvgIpc) is 3.09. The van der Waals surface area contributed by atoms with Crippen molar-refractivity contribution in [3.63, 3.8) is 0 Å². The monoisotopic (exact) mass is 370 g/mol. The molecule has 2 aromatic rings. The Morgan fingerprint density at radius 3 is 2.74 bits per heavy atom. The number of hydrogen-bond acceptors (Lipinski definition) is 5. The van der Waals surface area contributed by atoms with Gasteiger partial charge in [0, 0.05) is 36.1 Å². The van der Waals surface area contributed by atoms with Crippen molar-refractivity contribution in [2.75, 3.05) is 11.4 Å². The molecule has 0 aliphatic carbocycles. The molecular weight excluding hydrogens is 344 g/mol. The van der Waals surface area contributed by atoms with E-state index in [0.717, 1.165) is 24.1 Å². The molecule has 2 N–H and O–H groups in total. The lowest BCUT2D eigenvalue weighted by atomic mass is 9.95. The Morgan fingerprint density at radius 1 is 1.30 bits per heavy atom. The molecule has 0 saturated carbocycles. The summed E-state index contributed by atoms with van der Waals surface area (Å²) in [6.45, 7) is 6.74. The van der Waals surface area contributed by atoms with Crippen LogP contribution in [0.3, 0.4) is 0 Å². The number of primary amides is 1. The molecule has 1 aliphatic rings. The summed E-state index contributed by atoms with van der Waals surface area (Å²) in [6.07, 6.45) is 3.16. The molecule has 7 heteroatoms. The molecule has 2 amide bonds. The van der Waals surface area contributed by atoms with E-state index in [-0.39, 0.29) is 11.3 Å². The average molecular weight is 370 g/mol. The molecule has 3 rings (SSSR count). The van der Waals surface area contributed by atoms with Crippen molar-refractivity contribution in [1.29, 1.82) is 0 Å². The maximum absolute atomic E-state index is 12.7. The highest BCUT2D eigenvalue weighted by Gasteiger charge is 2.25. The number of aryl methyl sites for hydroxylation is 1. The Hall–Kier alpha value is -2.70. The molecule has 0 atom stereocenters. The molecule has 2 heterocycles. The van der Waals surface area contributed by atoms with E-state index >= 15 is 0 Å². The minimum atomic E-state index is -0.452. The summed E-state index contributed by atoms with van der Waals surface area (Å²) in [5.41, 5.74) is 7.49. The van der Waals surface area contributed by atoms with Crippen LogP contribution in [0.1, 0.15) is 67.7 Å². The number of rotatable bonds is 5. The molecule has 27 heavy (non-hydrogen) atoms. The van der Waals surface area contributed by atoms with Gasteiger partial charge in [-0.1, -0.05) is 32.0 Å². The highest BCUT2D eigenvalue weighted by molar-refractivity contribution is 6.00. The summed E-state index contributed by atoms with van der Waals surface area (Å²) in [6, 6.07) is 5.38. The van der Waals surface area contributed by atoms with Crippen molar-refractivity contribution in [1.82, 2.24) is 10.1 Å². The van der Waals surface area contributed by atoms with Crippen molar-refractivity contribution in [2.45, 2.75) is 58.3 Å². The predicted molar refractivity (Wildman–Crippen MR) is 102 cm³/mol. The van der Waals surface area contributed by atoms with Crippen molar-refractivity contribution in [2.24, 2.45) is 5.73 Å². The van der Waals surface area contributed by atoms with Gasteiger partial charge in [0.1, 0.15) is 0 Å². The quantitative estimate of drug-likeness (QED) is 0.872. The number of fused-ring (bicyclic) bond motifs is 1. The second kappa shape index (κ2) is 7.50. The van der Waals surface area contributed by atoms with Crippen LogP contribution in [0.25, 0.3) is 0 Å². The van der Waals surface area contributed by atoms with Gasteiger partial charge in [0.15, 0.2) is 5.82 Å². The van der Waals surface area contributed by atoms with Gasteiger partial charge in [-0.2, -0.15) is 4.98 Å². The normalized spacial score (nSPS) is 14.1. The molecule has 1 aromatic carbocycles. The first kappa shape index (κ1) is 19.1. The van der Waals surface area contributed by atoms with E-state index < -0.39 is 5.91 Å². The van der Waals surface area contributed by atoms with Crippen LogP contribution in [0, 0.1) is 0 Å². The first-order chi connectivity index (χ1) is 12.8. The topological polar surface area (TPSA) is 102 Å². The Bertz CT molecular complexity index is 851. The number of carbonyl (C=O) groups is 2. The third-order valence-electron chi connectivity index (χ3n) is 4.74. The maximum Gasteiger partial charge on any atom is 0.249 e. The van der Waals surface area contributed by atoms with Gasteiger partial charge < -0.3 is 15.2 Å². The third-order valence-corrected chi connectivity index (χ3v) is 4.74. The molecule has 1 aromatic heterocycles. The molecule has 0 spiro atoms. The van der Waals surface area contributed by atoms with Crippen molar-refractivity contribution < 1.29 is 14.1 Å². The van der Waals surface area contributed by atoms with Crippen LogP contribution in [-0.2, 0) is 23.1 Å². The zero-order chi connectivity index (χ0) is 19.6. The summed E-state index contributed by atoms with van der Waals surface area (Å²) < 4.78 is 5.28. The molecule has 0 radical (unpaired) electrons. The zero-order valence-electron chi connectivity index (χ0n) is 16.1. The van der Waals surface area contributed by atoms with Gasteiger partial charge >= 0.3 is 0 Å². The first-order valence-corrected chi connectivity index (χ1v) is 9.32. The molecule has 1 aliphatic heterocycles. The van der Waals surface area contributed by atoms with Gasteiger partial charge in [-0.25, -0.2) is 0 Å². The standard InChI is InChI=1S/C20H26N4O3/c1-20(2,3)19-22-16(27-23-19)10-5-11-17(25)24-12-6-8-13-14(18(21)26)7-4-9-15(13)24/h4,7,9H,5-6,8,10-12H2,1-3H3,(H2,21,26). The Kier molecular flexibility index (Phi) is 5.30. The first-order valence-electron chi connectivity index (χ1n) is 9.32. The van der Waals surface area contributed by atoms with E-state index in [1.807, 2.05) is 26.8 Å². The second-order valence-electron chi connectivity index (χ2n) is 7.93. The van der Waals surface area contributed by atoms with Crippen molar-refractivity contribution >= 4 is 17.5 Å². The Morgan fingerprint density at radius 2 is 2.07 bits per heavy atom. The van der Waals surface area contributed by atoms with Crippen LogP contribution < -0.4 is 10.6 Å². The van der Waals surface area contributed by atoms with Crippen molar-refractivity contribution in [3.8, 4) is 0 Å². The fourth-order valence-electron chi connectivity index (χ4n) is 3.30. The number of anilines is 1. The number of hydrogen-bond donors (Lipinski definition) is 1. The summed E-state index contributed by atoms with van der Waals surface area (Å²) >= 11 is 0. The van der Waals surface area contributed by atoms with Gasteiger partial charge in [0.2, 0.25) is 17.7 Å². The van der Waals surface area contributed by atoms with Crippen molar-refractivity contribution in [3.05, 3.63) is 41.0 Å². The van der Waals surface area contributed by atoms with Gasteiger partial charge in [0.25, 0.3) is 0 Å². The summed E-state index contributed by atoms with van der Waals surface area (Å²) in [5.74, 6) is 0.816. The number of carbonyl (C=O) groups excluding carboxylic acids is 2. The number of aromatic nitrogens is 2. The van der Waals surface area contributed by atoms with E-state index in [1.54, 1.807) is 17.0 Å². The van der Waals surface area contributed by atoms with Gasteiger partial charge in [-0.3, -0.25) is 9.59 Å². The van der Waals surface area contributed by atoms with Gasteiger partial charge in [-0.15, -0.1) is 0 Å². The van der Waals surface area contributed by atoms with E-state index in [2.05, 4.69) is 10.1 Å². The predicted octanol–water partition coefficient (Wildman–Crippen LogP) is 2.77. The number of nitrogens with two attached hydrogens (primary N) is 1. The molecule has 0 saturated heterocycles. The molecule has 7 nitrogen and oxygen atoms in total. The summed E-state index contributed by atoms with van der Waals surface area (Å²) in [4.78, 5) is 30.6. The lowest BCUT2D eigenvalue weighted by Crippen LogP contribution is -2.36. The largest absolute Gasteiger partial charge is 0.366 e. The third kappa shape index (κ3) is 4.18. The fourth-order valence-corrected chi connectivity index (χ4v) is 3.30. The fraction of sp³-hybridized carbons (Fsp3) is 0.500. The highest BCUT2D eigenvalue weighted by Crippen LogP contribution is 2.30. The number of nitrogens with zero attached hydrogens (tertiary/aromatic N) is 3. The van der Waals surface area contributed by atoms with E-state index in [9.17, 15) is 9.59 Å². The van der Waals surface area contributed by atoms with Crippen LogP contribution in [-0.4, -0.2) is 28.5 Å². The van der Waals surface area contributed by atoms with Crippen LogP contribution in [0.15, 0.2) is 22.7 Å². The minimum absolute atomic E-state index is 0.0353. The Balaban J connectivity index is 1.64. The smallest absolute Gasteiger partial charge is 0.249 e. The molecule has 0 bridgehead atoms. The molecular formula is C20H26N4O3. The number of benzene rings is 1. The van der Waals surface area contributed by atoms with Gasteiger partial charge in [0.05, 0.1) is 0 Å². The van der Waals surface area contributed by atoms with Crippen LogP contribution >= 0.6 is 0 Å². The van der Waals surface area contributed by atoms with Crippen LogP contribution in [0.2, 0.25) is 0 Å². The molecule has 144 valence electrons. The minimum Gasteiger partial charge on any atom is -0.366 e. The highest BCUT2D eigenvalue weighted by atomic mass is 16.5. The molecule has 0 fully saturated rings. The zero-order valence-corrected chi connectivity index (χ0v) is 16.1. The van der Waals surface area contributed by atoms with Crippen LogP contribution in [0.5, 0.6) is 0 Å². The molecule has 0 unspecified atom stereocenters.